The number of methoxy groups -OCH3 is 1. The van der Waals surface area contributed by atoms with Crippen molar-refractivity contribution in [2.75, 3.05) is 20.3 Å². The van der Waals surface area contributed by atoms with Crippen LogP contribution in [0.25, 0.3) is 11.0 Å². The highest BCUT2D eigenvalue weighted by Gasteiger charge is 2.03. The fourth-order valence-electron chi connectivity index (χ4n) is 1.51. The molecule has 0 atom stereocenters. The molecule has 0 aliphatic carbocycles. The van der Waals surface area contributed by atoms with Gasteiger partial charge in [0.25, 0.3) is 0 Å². The van der Waals surface area contributed by atoms with Crippen LogP contribution < -0.4 is 0 Å². The molecule has 0 amide bonds. The van der Waals surface area contributed by atoms with Crippen LogP contribution in [0.5, 0.6) is 0 Å². The van der Waals surface area contributed by atoms with Crippen LogP contribution >= 0.6 is 0 Å². The second-order valence-electron chi connectivity index (χ2n) is 3.57. The lowest BCUT2D eigenvalue weighted by atomic mass is 10.2. The number of fused-ring (bicyclic) bond motifs is 1. The second kappa shape index (κ2) is 5.43. The van der Waals surface area contributed by atoms with Crippen LogP contribution in [0.4, 0.5) is 0 Å². The zero-order valence-electron chi connectivity index (χ0n) is 9.56. The molecule has 1 aromatic heterocycles. The van der Waals surface area contributed by atoms with Crippen molar-refractivity contribution in [2.45, 2.75) is 6.61 Å². The van der Waals surface area contributed by atoms with Crippen molar-refractivity contribution in [3.05, 3.63) is 29.6 Å². The van der Waals surface area contributed by atoms with Gasteiger partial charge in [0.2, 0.25) is 0 Å². The highest BCUT2D eigenvalue weighted by molar-refractivity contribution is 5.76. The van der Waals surface area contributed by atoms with E-state index in [1.54, 1.807) is 19.2 Å². The lowest BCUT2D eigenvalue weighted by Crippen LogP contribution is -2.02. The van der Waals surface area contributed by atoms with E-state index in [-0.39, 0.29) is 0 Å². The molecular weight excluding hydrogens is 218 g/mol. The summed E-state index contributed by atoms with van der Waals surface area (Å²) in [5.74, 6) is 0.756. The molecule has 1 N–H and O–H groups in total. The number of hydrogen-bond acceptors (Lipinski definition) is 4. The molecular formula is C12H13N3O2. The van der Waals surface area contributed by atoms with Gasteiger partial charge >= 0.3 is 0 Å². The number of aromatic amines is 1. The largest absolute Gasteiger partial charge is 0.382 e. The maximum atomic E-state index is 8.78. The van der Waals surface area contributed by atoms with E-state index in [1.807, 2.05) is 6.07 Å². The van der Waals surface area contributed by atoms with Gasteiger partial charge in [0.1, 0.15) is 12.4 Å². The molecule has 0 saturated carbocycles. The van der Waals surface area contributed by atoms with Gasteiger partial charge in [-0.1, -0.05) is 0 Å². The molecule has 88 valence electrons. The number of rotatable bonds is 5. The van der Waals surface area contributed by atoms with Crippen LogP contribution in [-0.2, 0) is 16.1 Å². The molecule has 2 rings (SSSR count). The summed E-state index contributed by atoms with van der Waals surface area (Å²) >= 11 is 0. The van der Waals surface area contributed by atoms with Gasteiger partial charge in [-0.25, -0.2) is 4.98 Å². The summed E-state index contributed by atoms with van der Waals surface area (Å²) in [5.41, 5.74) is 2.32. The number of nitrogens with one attached hydrogen (secondary N) is 1. The van der Waals surface area contributed by atoms with Crippen LogP contribution in [0.3, 0.4) is 0 Å². The van der Waals surface area contributed by atoms with Crippen molar-refractivity contribution in [1.82, 2.24) is 9.97 Å². The minimum atomic E-state index is 0.417. The Morgan fingerprint density at radius 3 is 3.06 bits per heavy atom. The maximum absolute atomic E-state index is 8.78. The van der Waals surface area contributed by atoms with Crippen LogP contribution in [-0.4, -0.2) is 30.3 Å². The number of nitrogens with zero attached hydrogens (tertiary/aromatic N) is 2. The molecule has 0 unspecified atom stereocenters. The van der Waals surface area contributed by atoms with Gasteiger partial charge in [-0.15, -0.1) is 0 Å². The molecule has 0 spiro atoms. The molecule has 0 aliphatic heterocycles. The van der Waals surface area contributed by atoms with Crippen LogP contribution in [0.1, 0.15) is 11.4 Å². The summed E-state index contributed by atoms with van der Waals surface area (Å²) in [7, 11) is 1.63. The lowest BCUT2D eigenvalue weighted by Gasteiger charge is -1.99. The first-order chi connectivity index (χ1) is 8.33. The van der Waals surface area contributed by atoms with E-state index < -0.39 is 0 Å². The van der Waals surface area contributed by atoms with Crippen molar-refractivity contribution in [1.29, 1.82) is 5.26 Å². The Hall–Kier alpha value is -1.90. The third-order valence-electron chi connectivity index (χ3n) is 2.33. The average Bonchev–Trinajstić information content (AvgIpc) is 2.76. The molecule has 17 heavy (non-hydrogen) atoms. The van der Waals surface area contributed by atoms with Crippen LogP contribution in [0, 0.1) is 11.3 Å². The van der Waals surface area contributed by atoms with Gasteiger partial charge in [0, 0.05) is 7.11 Å². The highest BCUT2D eigenvalue weighted by atomic mass is 16.5. The van der Waals surface area contributed by atoms with Crippen molar-refractivity contribution in [3.63, 3.8) is 0 Å². The van der Waals surface area contributed by atoms with Gasteiger partial charge < -0.3 is 14.5 Å². The Balaban J connectivity index is 2.07. The summed E-state index contributed by atoms with van der Waals surface area (Å²) in [5, 5.41) is 8.78. The normalized spacial score (nSPS) is 10.6. The molecule has 5 nitrogen and oxygen atoms in total. The molecule has 0 radical (unpaired) electrons. The number of hydrogen-bond donors (Lipinski definition) is 1. The number of nitriles is 1. The molecule has 0 aliphatic rings. The topological polar surface area (TPSA) is 70.9 Å². The first-order valence-corrected chi connectivity index (χ1v) is 5.29. The van der Waals surface area contributed by atoms with Gasteiger partial charge in [-0.3, -0.25) is 0 Å². The highest BCUT2D eigenvalue weighted by Crippen LogP contribution is 2.13. The average molecular weight is 231 g/mol. The monoisotopic (exact) mass is 231 g/mol. The Bertz CT molecular complexity index is 542. The summed E-state index contributed by atoms with van der Waals surface area (Å²) in [6, 6.07) is 7.44. The summed E-state index contributed by atoms with van der Waals surface area (Å²) in [6.45, 7) is 1.52. The van der Waals surface area contributed by atoms with E-state index in [2.05, 4.69) is 16.0 Å². The van der Waals surface area contributed by atoms with Gasteiger partial charge in [-0.2, -0.15) is 5.26 Å². The quantitative estimate of drug-likeness (QED) is 0.793. The lowest BCUT2D eigenvalue weighted by molar-refractivity contribution is 0.0590. The van der Waals surface area contributed by atoms with E-state index >= 15 is 0 Å². The Labute approximate surface area is 99.0 Å². The molecule has 2 aromatic rings. The van der Waals surface area contributed by atoms with Crippen molar-refractivity contribution >= 4 is 11.0 Å². The number of ether oxygens (including phenoxy) is 2. The second-order valence-corrected chi connectivity index (χ2v) is 3.57. The minimum Gasteiger partial charge on any atom is -0.382 e. The zero-order valence-corrected chi connectivity index (χ0v) is 9.56. The number of aromatic nitrogens is 2. The summed E-state index contributed by atoms with van der Waals surface area (Å²) in [4.78, 5) is 7.47. The minimum absolute atomic E-state index is 0.417. The first-order valence-electron chi connectivity index (χ1n) is 5.29. The van der Waals surface area contributed by atoms with Gasteiger partial charge in [0.05, 0.1) is 35.9 Å². The Kier molecular flexibility index (Phi) is 3.70. The van der Waals surface area contributed by atoms with Crippen molar-refractivity contribution in [2.24, 2.45) is 0 Å². The standard InChI is InChI=1S/C12H13N3O2/c1-16-4-5-17-8-12-14-10-3-2-9(7-13)6-11(10)15-12/h2-3,6H,4-5,8H2,1H3,(H,14,15). The SMILES string of the molecule is COCCOCc1nc2ccc(C#N)cc2[nH]1. The zero-order chi connectivity index (χ0) is 12.1. The molecule has 0 bridgehead atoms. The number of benzene rings is 1. The summed E-state index contributed by atoms with van der Waals surface area (Å²) in [6.07, 6.45) is 0. The van der Waals surface area contributed by atoms with E-state index in [1.165, 1.54) is 0 Å². The van der Waals surface area contributed by atoms with Gasteiger partial charge in [0.15, 0.2) is 0 Å². The predicted molar refractivity (Wildman–Crippen MR) is 62.3 cm³/mol. The Morgan fingerprint density at radius 2 is 2.29 bits per heavy atom. The fourth-order valence-corrected chi connectivity index (χ4v) is 1.51. The van der Waals surface area contributed by atoms with Crippen molar-refractivity contribution in [3.8, 4) is 6.07 Å². The number of H-pyrrole nitrogens is 1. The molecule has 0 saturated heterocycles. The third-order valence-corrected chi connectivity index (χ3v) is 2.33. The Morgan fingerprint density at radius 1 is 1.41 bits per heavy atom. The van der Waals surface area contributed by atoms with E-state index in [4.69, 9.17) is 14.7 Å². The maximum Gasteiger partial charge on any atom is 0.133 e. The third kappa shape index (κ3) is 2.81. The van der Waals surface area contributed by atoms with Crippen LogP contribution in [0.2, 0.25) is 0 Å². The summed E-state index contributed by atoms with van der Waals surface area (Å²) < 4.78 is 10.2. The predicted octanol–water partition coefficient (Wildman–Crippen LogP) is 1.60. The van der Waals surface area contributed by atoms with Crippen LogP contribution in [0.15, 0.2) is 18.2 Å². The van der Waals surface area contributed by atoms with E-state index in [0.717, 1.165) is 16.9 Å². The molecule has 1 heterocycles. The fraction of sp³-hybridized carbons (Fsp3) is 0.333. The smallest absolute Gasteiger partial charge is 0.133 e. The molecule has 1 aromatic carbocycles. The van der Waals surface area contributed by atoms with Gasteiger partial charge in [-0.05, 0) is 18.2 Å². The van der Waals surface area contributed by atoms with Crippen molar-refractivity contribution < 1.29 is 9.47 Å². The molecule has 5 heteroatoms. The van der Waals surface area contributed by atoms with E-state index in [0.29, 0.717) is 25.4 Å². The first kappa shape index (κ1) is 11.6. The number of imidazole rings is 1. The molecule has 0 fully saturated rings. The van der Waals surface area contributed by atoms with E-state index in [9.17, 15) is 0 Å².